The van der Waals surface area contributed by atoms with Crippen LogP contribution in [0.25, 0.3) is 0 Å². The molecule has 30 heavy (non-hydrogen) atoms. The van der Waals surface area contributed by atoms with Crippen LogP contribution >= 0.6 is 11.6 Å². The van der Waals surface area contributed by atoms with Crippen molar-refractivity contribution in [2.24, 2.45) is 0 Å². The normalized spacial score (nSPS) is 10.4. The predicted octanol–water partition coefficient (Wildman–Crippen LogP) is 4.82. The Labute approximate surface area is 173 Å². The first-order valence-corrected chi connectivity index (χ1v) is 8.61. The van der Waals surface area contributed by atoms with Gasteiger partial charge in [-0.1, -0.05) is 11.6 Å². The van der Waals surface area contributed by atoms with Crippen LogP contribution in [-0.2, 0) is 0 Å². The molecule has 2 N–H and O–H groups in total. The molecule has 2 aromatic carbocycles. The Bertz CT molecular complexity index is 1120. The number of hydrogen-bond donors (Lipinski definition) is 2. The van der Waals surface area contributed by atoms with Crippen LogP contribution in [0.4, 0.5) is 37.5 Å². The number of ether oxygens (including phenoxy) is 2. The lowest BCUT2D eigenvalue weighted by molar-refractivity contribution is -0.383. The highest BCUT2D eigenvalue weighted by Crippen LogP contribution is 2.39. The van der Waals surface area contributed by atoms with Crippen molar-refractivity contribution in [3.05, 3.63) is 63.4 Å². The summed E-state index contributed by atoms with van der Waals surface area (Å²) in [5.74, 6) is -1.95. The zero-order chi connectivity index (χ0) is 21.8. The van der Waals surface area contributed by atoms with Crippen LogP contribution in [-0.4, -0.2) is 29.1 Å². The van der Waals surface area contributed by atoms with Crippen LogP contribution in [0.2, 0.25) is 5.02 Å². The van der Waals surface area contributed by atoms with E-state index in [4.69, 9.17) is 21.1 Å². The van der Waals surface area contributed by atoms with Gasteiger partial charge in [0.1, 0.15) is 17.8 Å². The fraction of sp³-hybridized carbons (Fsp3) is 0.111. The van der Waals surface area contributed by atoms with Crippen LogP contribution in [0.1, 0.15) is 0 Å². The molecule has 1 aromatic heterocycles. The topological polar surface area (TPSA) is 111 Å². The average molecular weight is 438 g/mol. The third-order valence-corrected chi connectivity index (χ3v) is 4.21. The Hall–Kier alpha value is -3.73. The Kier molecular flexibility index (Phi) is 6.11. The monoisotopic (exact) mass is 437 g/mol. The van der Waals surface area contributed by atoms with Gasteiger partial charge in [0, 0.05) is 17.8 Å². The van der Waals surface area contributed by atoms with Gasteiger partial charge in [0.05, 0.1) is 29.9 Å². The summed E-state index contributed by atoms with van der Waals surface area (Å²) >= 11 is 6.13. The van der Waals surface area contributed by atoms with Gasteiger partial charge in [0.15, 0.2) is 11.6 Å². The smallest absolute Gasteiger partial charge is 0.353 e. The van der Waals surface area contributed by atoms with Gasteiger partial charge in [0.2, 0.25) is 11.6 Å². The summed E-state index contributed by atoms with van der Waals surface area (Å²) in [5.41, 5.74) is -0.188. The molecule has 0 spiro atoms. The van der Waals surface area contributed by atoms with E-state index in [0.29, 0.717) is 11.5 Å². The molecule has 0 atom stereocenters. The Morgan fingerprint density at radius 3 is 2.27 bits per heavy atom. The van der Waals surface area contributed by atoms with Crippen LogP contribution in [0.15, 0.2) is 36.7 Å². The molecule has 1 heterocycles. The molecule has 0 radical (unpaired) electrons. The van der Waals surface area contributed by atoms with E-state index < -0.39 is 22.2 Å². The van der Waals surface area contributed by atoms with Gasteiger partial charge >= 0.3 is 5.69 Å². The van der Waals surface area contributed by atoms with Crippen LogP contribution in [0, 0.1) is 21.7 Å². The van der Waals surface area contributed by atoms with Crippen molar-refractivity contribution < 1.29 is 23.2 Å². The first-order valence-electron chi connectivity index (χ1n) is 8.24. The summed E-state index contributed by atoms with van der Waals surface area (Å²) in [4.78, 5) is 18.7. The molecule has 0 unspecified atom stereocenters. The zero-order valence-electron chi connectivity index (χ0n) is 15.6. The number of hydrogen-bond acceptors (Lipinski definition) is 8. The molecule has 156 valence electrons. The maximum atomic E-state index is 13.5. The van der Waals surface area contributed by atoms with Crippen LogP contribution in [0.3, 0.4) is 0 Å². The quantitative estimate of drug-likeness (QED) is 0.399. The summed E-state index contributed by atoms with van der Waals surface area (Å²) in [7, 11) is 2.83. The number of nitrogens with one attached hydrogen (secondary N) is 2. The Morgan fingerprint density at radius 1 is 1.00 bits per heavy atom. The van der Waals surface area contributed by atoms with Crippen LogP contribution in [0.5, 0.6) is 11.5 Å². The van der Waals surface area contributed by atoms with Gasteiger partial charge in [-0.2, -0.15) is 0 Å². The van der Waals surface area contributed by atoms with E-state index >= 15 is 0 Å². The van der Waals surface area contributed by atoms with E-state index in [2.05, 4.69) is 20.6 Å². The van der Waals surface area contributed by atoms with Crippen molar-refractivity contribution in [1.29, 1.82) is 0 Å². The third-order valence-electron chi connectivity index (χ3n) is 3.91. The number of aromatic nitrogens is 2. The van der Waals surface area contributed by atoms with E-state index in [1.165, 1.54) is 32.4 Å². The largest absolute Gasteiger partial charge is 0.495 e. The van der Waals surface area contributed by atoms with Crippen molar-refractivity contribution in [3.8, 4) is 11.5 Å². The maximum absolute atomic E-state index is 13.5. The molecular formula is C18H14ClF2N5O4. The van der Waals surface area contributed by atoms with E-state index in [1.54, 1.807) is 0 Å². The van der Waals surface area contributed by atoms with Gasteiger partial charge < -0.3 is 20.1 Å². The molecule has 0 amide bonds. The first kappa shape index (κ1) is 21.0. The van der Waals surface area contributed by atoms with Crippen molar-refractivity contribution in [2.75, 3.05) is 24.9 Å². The van der Waals surface area contributed by atoms with Gasteiger partial charge in [-0.05, 0) is 18.2 Å². The predicted molar refractivity (Wildman–Crippen MR) is 106 cm³/mol. The summed E-state index contributed by atoms with van der Waals surface area (Å²) in [5, 5.41) is 17.3. The van der Waals surface area contributed by atoms with Crippen molar-refractivity contribution in [1.82, 2.24) is 9.97 Å². The van der Waals surface area contributed by atoms with Gasteiger partial charge in [-0.3, -0.25) is 10.1 Å². The van der Waals surface area contributed by atoms with Crippen molar-refractivity contribution in [2.45, 2.75) is 0 Å². The number of rotatable bonds is 7. The SMILES string of the molecule is COc1cc(OC)c(Nc2ncnc(Nc3ccc(F)c(F)c3)c2[N+](=O)[O-])cc1Cl. The molecule has 9 nitrogen and oxygen atoms in total. The fourth-order valence-electron chi connectivity index (χ4n) is 2.53. The number of nitrogens with zero attached hydrogens (tertiary/aromatic N) is 3. The van der Waals surface area contributed by atoms with E-state index in [-0.39, 0.29) is 28.0 Å². The molecule has 0 saturated carbocycles. The summed E-state index contributed by atoms with van der Waals surface area (Å²) < 4.78 is 37.0. The highest BCUT2D eigenvalue weighted by molar-refractivity contribution is 6.32. The molecule has 0 fully saturated rings. The molecule has 0 bridgehead atoms. The van der Waals surface area contributed by atoms with Gasteiger partial charge in [-0.15, -0.1) is 0 Å². The molecule has 0 aliphatic rings. The van der Waals surface area contributed by atoms with E-state index in [0.717, 1.165) is 18.5 Å². The number of benzene rings is 2. The number of anilines is 4. The van der Waals surface area contributed by atoms with Crippen LogP contribution < -0.4 is 20.1 Å². The fourth-order valence-corrected chi connectivity index (χ4v) is 2.77. The minimum absolute atomic E-state index is 0.0618. The molecule has 0 saturated heterocycles. The molecule has 12 heteroatoms. The summed E-state index contributed by atoms with van der Waals surface area (Å²) in [6.07, 6.45) is 1.06. The van der Waals surface area contributed by atoms with Gasteiger partial charge in [0.25, 0.3) is 0 Å². The molecule has 3 rings (SSSR count). The standard InChI is InChI=1S/C18H14ClF2N5O4/c1-29-14-7-15(30-2)13(6-10(14)19)25-18-16(26(27)28)17(22-8-23-18)24-9-3-4-11(20)12(21)5-9/h3-8H,1-2H3,(H2,22,23,24,25). The first-order chi connectivity index (χ1) is 14.3. The van der Waals surface area contributed by atoms with E-state index in [9.17, 15) is 18.9 Å². The highest BCUT2D eigenvalue weighted by Gasteiger charge is 2.25. The lowest BCUT2D eigenvalue weighted by atomic mass is 10.2. The summed E-state index contributed by atoms with van der Waals surface area (Å²) in [6, 6.07) is 5.89. The number of halogens is 3. The average Bonchev–Trinajstić information content (AvgIpc) is 2.71. The summed E-state index contributed by atoms with van der Waals surface area (Å²) in [6.45, 7) is 0. The second-order valence-corrected chi connectivity index (χ2v) is 6.15. The minimum Gasteiger partial charge on any atom is -0.495 e. The number of methoxy groups -OCH3 is 2. The molecular weight excluding hydrogens is 424 g/mol. The third kappa shape index (κ3) is 4.30. The highest BCUT2D eigenvalue weighted by atomic mass is 35.5. The van der Waals surface area contributed by atoms with E-state index in [1.807, 2.05) is 0 Å². The molecule has 3 aromatic rings. The second-order valence-electron chi connectivity index (χ2n) is 5.74. The lowest BCUT2D eigenvalue weighted by Crippen LogP contribution is -2.06. The van der Waals surface area contributed by atoms with Crippen molar-refractivity contribution >= 4 is 40.3 Å². The Balaban J connectivity index is 2.02. The molecule has 0 aliphatic heterocycles. The van der Waals surface area contributed by atoms with Crippen molar-refractivity contribution in [3.63, 3.8) is 0 Å². The Morgan fingerprint density at radius 2 is 1.67 bits per heavy atom. The molecule has 0 aliphatic carbocycles. The number of nitro groups is 1. The zero-order valence-corrected chi connectivity index (χ0v) is 16.3. The maximum Gasteiger partial charge on any atom is 0.353 e. The van der Waals surface area contributed by atoms with Gasteiger partial charge in [-0.25, -0.2) is 18.7 Å². The lowest BCUT2D eigenvalue weighted by Gasteiger charge is -2.14. The minimum atomic E-state index is -1.12. The second kappa shape index (κ2) is 8.74.